The van der Waals surface area contributed by atoms with Crippen molar-refractivity contribution in [3.05, 3.63) is 46.5 Å². The van der Waals surface area contributed by atoms with E-state index in [1.165, 1.54) is 31.1 Å². The number of amides is 3. The zero-order valence-electron chi connectivity index (χ0n) is 29.6. The molecule has 2 saturated heterocycles. The number of hydrogen-bond donors (Lipinski definition) is 2. The molecule has 1 aromatic rings. The normalized spacial score (nSPS) is 32.8. The van der Waals surface area contributed by atoms with Crippen molar-refractivity contribution in [3.8, 4) is 5.75 Å². The summed E-state index contributed by atoms with van der Waals surface area (Å²) in [4.78, 5) is 55.3. The minimum atomic E-state index is -1.82. The highest BCUT2D eigenvalue weighted by Crippen LogP contribution is 2.49. The van der Waals surface area contributed by atoms with Crippen LogP contribution in [0.2, 0.25) is 5.02 Å². The Morgan fingerprint density at radius 2 is 1.96 bits per heavy atom. The lowest BCUT2D eigenvalue weighted by atomic mass is 9.83. The van der Waals surface area contributed by atoms with E-state index in [1.54, 1.807) is 59.0 Å². The van der Waals surface area contributed by atoms with Gasteiger partial charge in [0.2, 0.25) is 11.8 Å². The summed E-state index contributed by atoms with van der Waals surface area (Å²) in [7, 11) is 6.01. The van der Waals surface area contributed by atoms with Crippen LogP contribution in [-0.2, 0) is 39.8 Å². The van der Waals surface area contributed by atoms with Gasteiger partial charge in [0, 0.05) is 40.0 Å². The van der Waals surface area contributed by atoms with Gasteiger partial charge in [-0.3, -0.25) is 14.9 Å². The fraction of sp³-hybridized carbons (Fsp3) is 0.600. The SMILES string of the molecule is CCC(=O)N(C)[C@@H](C)C(=O)O[C@H]1CC(=O)N(C)c2cc(cc(OC)c2Cl)C/C(C)=C/C=C/[C@@H](OC)[C@@]2(O)C[C@H](OC(=O)N2)[C@@H](C)[C@@H]2O[C@@]12C. The van der Waals surface area contributed by atoms with E-state index < -0.39 is 65.7 Å². The molecule has 3 amide bonds. The van der Waals surface area contributed by atoms with Crippen molar-refractivity contribution in [2.45, 2.75) is 102 Å². The van der Waals surface area contributed by atoms with Crippen LogP contribution in [0.25, 0.3) is 0 Å². The van der Waals surface area contributed by atoms with Crippen LogP contribution in [0, 0.1) is 5.92 Å². The Labute approximate surface area is 292 Å². The van der Waals surface area contributed by atoms with E-state index in [1.807, 2.05) is 13.0 Å². The number of carbonyl (C=O) groups excluding carboxylic acids is 4. The number of aliphatic hydroxyl groups is 1. The van der Waals surface area contributed by atoms with Gasteiger partial charge in [-0.2, -0.15) is 0 Å². The van der Waals surface area contributed by atoms with E-state index >= 15 is 0 Å². The molecule has 4 bridgehead atoms. The van der Waals surface area contributed by atoms with Gasteiger partial charge in [0.1, 0.15) is 40.7 Å². The van der Waals surface area contributed by atoms with Crippen molar-refractivity contribution in [1.82, 2.24) is 10.2 Å². The van der Waals surface area contributed by atoms with Crippen LogP contribution in [0.5, 0.6) is 5.75 Å². The first-order valence-electron chi connectivity index (χ1n) is 16.3. The molecule has 270 valence electrons. The number of fused-ring (bicyclic) bond motifs is 5. The molecule has 14 heteroatoms. The van der Waals surface area contributed by atoms with Crippen molar-refractivity contribution in [3.63, 3.8) is 0 Å². The molecule has 0 aromatic heterocycles. The van der Waals surface area contributed by atoms with Crippen molar-refractivity contribution < 1.29 is 48.0 Å². The van der Waals surface area contributed by atoms with Crippen LogP contribution >= 0.6 is 11.6 Å². The highest BCUT2D eigenvalue weighted by Gasteiger charge is 2.64. The maximum Gasteiger partial charge on any atom is 0.409 e. The smallest absolute Gasteiger partial charge is 0.409 e. The molecule has 2 fully saturated rings. The number of allylic oxidation sites excluding steroid dienone is 3. The van der Waals surface area contributed by atoms with Gasteiger partial charge >= 0.3 is 12.1 Å². The number of rotatable bonds is 6. The zero-order chi connectivity index (χ0) is 36.4. The van der Waals surface area contributed by atoms with E-state index in [9.17, 15) is 24.3 Å². The van der Waals surface area contributed by atoms with E-state index in [0.717, 1.165) is 11.1 Å². The third-order valence-electron chi connectivity index (χ3n) is 9.83. The van der Waals surface area contributed by atoms with Crippen LogP contribution in [0.15, 0.2) is 35.9 Å². The van der Waals surface area contributed by atoms with Crippen LogP contribution in [0.1, 0.15) is 59.4 Å². The van der Waals surface area contributed by atoms with Gasteiger partial charge in [-0.25, -0.2) is 9.59 Å². The third kappa shape index (κ3) is 8.06. The molecular weight excluding hydrogens is 658 g/mol. The van der Waals surface area contributed by atoms with Crippen LogP contribution in [-0.4, -0.2) is 104 Å². The Morgan fingerprint density at radius 3 is 2.59 bits per heavy atom. The van der Waals surface area contributed by atoms with Crippen LogP contribution in [0.4, 0.5) is 10.5 Å². The second-order valence-electron chi connectivity index (χ2n) is 13.3. The molecule has 0 saturated carbocycles. The number of halogens is 1. The second kappa shape index (κ2) is 15.1. The summed E-state index contributed by atoms with van der Waals surface area (Å²) in [6.07, 6.45) is 1.22. The van der Waals surface area contributed by atoms with Crippen molar-refractivity contribution in [2.24, 2.45) is 5.92 Å². The molecule has 49 heavy (non-hydrogen) atoms. The Morgan fingerprint density at radius 1 is 1.27 bits per heavy atom. The number of likely N-dealkylation sites (N-methyl/N-ethyl adjacent to an activating group) is 1. The quantitative estimate of drug-likeness (QED) is 0.329. The summed E-state index contributed by atoms with van der Waals surface area (Å²) in [5.74, 6) is -1.53. The number of benzene rings is 1. The molecule has 0 radical (unpaired) electrons. The van der Waals surface area contributed by atoms with Crippen molar-refractivity contribution in [1.29, 1.82) is 0 Å². The molecular formula is C35H48ClN3O10. The minimum Gasteiger partial charge on any atom is -0.495 e. The number of ether oxygens (including phenoxy) is 5. The molecule has 2 N–H and O–H groups in total. The summed E-state index contributed by atoms with van der Waals surface area (Å²) in [5.41, 5.74) is -0.870. The lowest BCUT2D eigenvalue weighted by Crippen LogP contribution is -2.63. The number of carbonyl (C=O) groups is 4. The highest BCUT2D eigenvalue weighted by molar-refractivity contribution is 6.35. The summed E-state index contributed by atoms with van der Waals surface area (Å²) in [6, 6.07) is 2.64. The molecule has 8 atom stereocenters. The number of nitrogens with zero attached hydrogens (tertiary/aromatic N) is 2. The molecule has 0 unspecified atom stereocenters. The van der Waals surface area contributed by atoms with E-state index in [-0.39, 0.29) is 30.2 Å². The predicted octanol–water partition coefficient (Wildman–Crippen LogP) is 3.92. The Bertz CT molecular complexity index is 1520. The maximum atomic E-state index is 14.0. The molecule has 4 rings (SSSR count). The van der Waals surface area contributed by atoms with Gasteiger partial charge in [0.15, 0.2) is 5.72 Å². The average molecular weight is 706 g/mol. The third-order valence-corrected chi connectivity index (χ3v) is 10.2. The lowest BCUT2D eigenvalue weighted by Gasteiger charge is -2.42. The maximum absolute atomic E-state index is 14.0. The van der Waals surface area contributed by atoms with Gasteiger partial charge in [0.05, 0.1) is 25.3 Å². The van der Waals surface area contributed by atoms with Crippen molar-refractivity contribution in [2.75, 3.05) is 33.2 Å². The number of nitrogens with one attached hydrogen (secondary N) is 1. The minimum absolute atomic E-state index is 0.0431. The molecule has 3 aliphatic rings. The number of anilines is 1. The topological polar surface area (TPSA) is 156 Å². The molecule has 3 heterocycles. The van der Waals surface area contributed by atoms with Crippen LogP contribution in [0.3, 0.4) is 0 Å². The van der Waals surface area contributed by atoms with Crippen LogP contribution < -0.4 is 15.0 Å². The molecule has 1 aromatic carbocycles. The highest BCUT2D eigenvalue weighted by atomic mass is 35.5. The van der Waals surface area contributed by atoms with Gasteiger partial charge in [-0.15, -0.1) is 0 Å². The largest absolute Gasteiger partial charge is 0.495 e. The van der Waals surface area contributed by atoms with E-state index in [4.69, 9.17) is 35.3 Å². The molecule has 0 spiro atoms. The lowest BCUT2D eigenvalue weighted by molar-refractivity contribution is -0.162. The first-order valence-corrected chi connectivity index (χ1v) is 16.7. The van der Waals surface area contributed by atoms with Gasteiger partial charge in [-0.1, -0.05) is 49.2 Å². The first-order chi connectivity index (χ1) is 23.0. The second-order valence-corrected chi connectivity index (χ2v) is 13.6. The number of hydrogen-bond acceptors (Lipinski definition) is 10. The van der Waals surface area contributed by atoms with Gasteiger partial charge in [0.25, 0.3) is 0 Å². The number of epoxide rings is 1. The van der Waals surface area contributed by atoms with Gasteiger partial charge < -0.3 is 38.6 Å². The summed E-state index contributed by atoms with van der Waals surface area (Å²) in [5, 5.41) is 14.4. The molecule has 0 aliphatic carbocycles. The Kier molecular flexibility index (Phi) is 11.7. The molecule has 3 aliphatic heterocycles. The average Bonchev–Trinajstić information content (AvgIpc) is 3.76. The summed E-state index contributed by atoms with van der Waals surface area (Å²) < 4.78 is 29.0. The summed E-state index contributed by atoms with van der Waals surface area (Å²) >= 11 is 6.72. The van der Waals surface area contributed by atoms with Gasteiger partial charge in [-0.05, 0) is 44.9 Å². The fourth-order valence-corrected chi connectivity index (χ4v) is 6.78. The van der Waals surface area contributed by atoms with E-state index in [2.05, 4.69) is 5.32 Å². The first kappa shape index (κ1) is 38.2. The molecule has 13 nitrogen and oxygen atoms in total. The number of alkyl carbamates (subject to hydrolysis) is 1. The fourth-order valence-electron chi connectivity index (χ4n) is 6.47. The predicted molar refractivity (Wildman–Crippen MR) is 181 cm³/mol. The van der Waals surface area contributed by atoms with Crippen molar-refractivity contribution >= 4 is 41.2 Å². The Balaban J connectivity index is 1.79. The zero-order valence-corrected chi connectivity index (χ0v) is 30.3. The number of methoxy groups -OCH3 is 2. The standard InChI is InChI=1S/C35H48ClN3O10/c1-10-28(40)38(6)21(4)32(42)48-27-17-29(41)39(7)23-15-22(16-24(45-8)30(23)36)14-19(2)12-11-13-26(46-9)35(44)18-25(47-33(43)37-35)20(3)31-34(27,5)49-31/h11-13,15-16,20-21,25-27,31,44H,10,14,17-18H2,1-9H3,(H,37,43)/b13-11+,19-12+/t20-,21+,25+,26-,27+,31+,34+,35+/m1/s1. The number of esters is 1. The van der Waals surface area contributed by atoms with E-state index in [0.29, 0.717) is 17.9 Å². The Hall–Kier alpha value is -3.65. The summed E-state index contributed by atoms with van der Waals surface area (Å²) in [6.45, 7) is 8.68. The monoisotopic (exact) mass is 705 g/mol.